The molecule has 0 radical (unpaired) electrons. The van der Waals surface area contributed by atoms with Crippen LogP contribution in [0.1, 0.15) is 21.8 Å². The van der Waals surface area contributed by atoms with Crippen LogP contribution in [0.5, 0.6) is 0 Å². The minimum absolute atomic E-state index is 0.0814. The molecule has 2 aromatic heterocycles. The summed E-state index contributed by atoms with van der Waals surface area (Å²) >= 11 is 7.15. The highest BCUT2D eigenvalue weighted by molar-refractivity contribution is 7.18. The van der Waals surface area contributed by atoms with Crippen molar-refractivity contribution < 1.29 is 4.79 Å². The molecule has 0 saturated carbocycles. The molecule has 114 valence electrons. The lowest BCUT2D eigenvalue weighted by atomic mass is 10.1. The first-order valence-corrected chi connectivity index (χ1v) is 8.14. The van der Waals surface area contributed by atoms with E-state index in [1.807, 2.05) is 22.9 Å². The molecule has 2 heterocycles. The van der Waals surface area contributed by atoms with Gasteiger partial charge < -0.3 is 4.57 Å². The molecule has 1 aromatic carbocycles. The maximum atomic E-state index is 12.1. The number of halogens is 1. The van der Waals surface area contributed by atoms with E-state index in [2.05, 4.69) is 9.83 Å². The Morgan fingerprint density at radius 2 is 2.04 bits per heavy atom. The molecule has 3 aromatic rings. The van der Waals surface area contributed by atoms with Crippen LogP contribution in [0, 0.1) is 6.57 Å². The Balaban J connectivity index is 1.65. The molecule has 0 aliphatic heterocycles. The maximum absolute atomic E-state index is 12.1. The van der Waals surface area contributed by atoms with Crippen molar-refractivity contribution in [1.82, 2.24) is 9.55 Å². The number of carbonyl (C=O) groups is 1. The number of nitrogens with zero attached hydrogens (tertiary/aromatic N) is 3. The number of hydrogen-bond acceptors (Lipinski definition) is 3. The van der Waals surface area contributed by atoms with Crippen LogP contribution in [-0.4, -0.2) is 15.3 Å². The number of thiophene rings is 1. The fourth-order valence-corrected chi connectivity index (χ4v) is 3.17. The summed E-state index contributed by atoms with van der Waals surface area (Å²) in [7, 11) is 0. The maximum Gasteiger partial charge on any atom is 0.187 e. The molecular formula is C17H12ClN3OS. The lowest BCUT2D eigenvalue weighted by Gasteiger charge is -2.01. The number of benzene rings is 1. The Kier molecular flexibility index (Phi) is 4.56. The summed E-state index contributed by atoms with van der Waals surface area (Å²) in [5.41, 5.74) is 2.40. The SMILES string of the molecule is [C-]#[N+]c1ccc(-n2cnc(CCC(=O)c3ccc(Cl)s3)c2)cc1. The van der Waals surface area contributed by atoms with Crippen molar-refractivity contribution in [3.05, 3.63) is 75.2 Å². The molecule has 0 fully saturated rings. The van der Waals surface area contributed by atoms with Crippen molar-refractivity contribution in [3.63, 3.8) is 0 Å². The van der Waals surface area contributed by atoms with E-state index in [1.165, 1.54) is 11.3 Å². The van der Waals surface area contributed by atoms with Gasteiger partial charge in [-0.3, -0.25) is 4.79 Å². The van der Waals surface area contributed by atoms with Crippen molar-refractivity contribution >= 4 is 34.4 Å². The average Bonchev–Trinajstić information content (AvgIpc) is 3.22. The van der Waals surface area contributed by atoms with E-state index in [0.29, 0.717) is 27.7 Å². The normalized spacial score (nSPS) is 10.4. The summed E-state index contributed by atoms with van der Waals surface area (Å²) < 4.78 is 2.51. The third kappa shape index (κ3) is 3.67. The van der Waals surface area contributed by atoms with E-state index in [4.69, 9.17) is 18.2 Å². The highest BCUT2D eigenvalue weighted by Crippen LogP contribution is 2.23. The van der Waals surface area contributed by atoms with E-state index in [-0.39, 0.29) is 5.78 Å². The fraction of sp³-hybridized carbons (Fsp3) is 0.118. The summed E-state index contributed by atoms with van der Waals surface area (Å²) in [6.45, 7) is 6.96. The van der Waals surface area contributed by atoms with Crippen molar-refractivity contribution in [2.45, 2.75) is 12.8 Å². The van der Waals surface area contributed by atoms with Gasteiger partial charge in [0.2, 0.25) is 0 Å². The van der Waals surface area contributed by atoms with Crippen LogP contribution in [-0.2, 0) is 6.42 Å². The minimum Gasteiger partial charge on any atom is -0.306 e. The number of imidazole rings is 1. The van der Waals surface area contributed by atoms with Crippen LogP contribution >= 0.6 is 22.9 Å². The number of aryl methyl sites for hydroxylation is 1. The number of carbonyl (C=O) groups excluding carboxylic acids is 1. The van der Waals surface area contributed by atoms with Gasteiger partial charge in [0.25, 0.3) is 0 Å². The van der Waals surface area contributed by atoms with Gasteiger partial charge in [0.15, 0.2) is 11.5 Å². The summed E-state index contributed by atoms with van der Waals surface area (Å²) in [6.07, 6.45) is 4.61. The second-order valence-corrected chi connectivity index (χ2v) is 6.64. The first kappa shape index (κ1) is 15.5. The summed E-state index contributed by atoms with van der Waals surface area (Å²) in [6, 6.07) is 10.8. The highest BCUT2D eigenvalue weighted by atomic mass is 35.5. The Morgan fingerprint density at radius 1 is 1.26 bits per heavy atom. The van der Waals surface area contributed by atoms with Gasteiger partial charge in [-0.25, -0.2) is 9.83 Å². The van der Waals surface area contributed by atoms with Gasteiger partial charge in [-0.05, 0) is 30.7 Å². The summed E-state index contributed by atoms with van der Waals surface area (Å²) in [5.74, 6) is 0.0814. The zero-order valence-electron chi connectivity index (χ0n) is 12.1. The number of aromatic nitrogens is 2. The lowest BCUT2D eigenvalue weighted by Crippen LogP contribution is -1.98. The van der Waals surface area contributed by atoms with Crippen LogP contribution < -0.4 is 0 Å². The van der Waals surface area contributed by atoms with Gasteiger partial charge in [-0.2, -0.15) is 0 Å². The van der Waals surface area contributed by atoms with Gasteiger partial charge in [-0.1, -0.05) is 23.7 Å². The van der Waals surface area contributed by atoms with Gasteiger partial charge in [-0.15, -0.1) is 11.3 Å². The molecule has 4 nitrogen and oxygen atoms in total. The largest absolute Gasteiger partial charge is 0.306 e. The van der Waals surface area contributed by atoms with E-state index < -0.39 is 0 Å². The molecule has 0 amide bonds. The predicted molar refractivity (Wildman–Crippen MR) is 91.8 cm³/mol. The van der Waals surface area contributed by atoms with Crippen molar-refractivity contribution in [2.24, 2.45) is 0 Å². The molecule has 3 rings (SSSR count). The highest BCUT2D eigenvalue weighted by Gasteiger charge is 2.10. The van der Waals surface area contributed by atoms with Crippen LogP contribution in [0.15, 0.2) is 48.9 Å². The third-order valence-corrected chi connectivity index (χ3v) is 4.64. The minimum atomic E-state index is 0.0814. The van der Waals surface area contributed by atoms with Gasteiger partial charge in [0.05, 0.1) is 27.8 Å². The summed E-state index contributed by atoms with van der Waals surface area (Å²) in [4.78, 5) is 20.5. The Labute approximate surface area is 142 Å². The predicted octanol–water partition coefficient (Wildman–Crippen LogP) is 4.95. The Morgan fingerprint density at radius 3 is 2.70 bits per heavy atom. The molecule has 0 N–H and O–H groups in total. The molecule has 23 heavy (non-hydrogen) atoms. The van der Waals surface area contributed by atoms with Crippen molar-refractivity contribution in [1.29, 1.82) is 0 Å². The van der Waals surface area contributed by atoms with Gasteiger partial charge >= 0.3 is 0 Å². The molecular weight excluding hydrogens is 330 g/mol. The zero-order valence-corrected chi connectivity index (χ0v) is 13.6. The number of hydrogen-bond donors (Lipinski definition) is 0. The molecule has 0 spiro atoms. The second kappa shape index (κ2) is 6.78. The summed E-state index contributed by atoms with van der Waals surface area (Å²) in [5, 5.41) is 0. The third-order valence-electron chi connectivity index (χ3n) is 3.37. The molecule has 0 unspecified atom stereocenters. The molecule has 0 saturated heterocycles. The van der Waals surface area contributed by atoms with Gasteiger partial charge in [0, 0.05) is 18.3 Å². The number of Topliss-reactive ketones (excluding diaryl/α,β-unsaturated/α-hetero) is 1. The van der Waals surface area contributed by atoms with Crippen molar-refractivity contribution in [3.8, 4) is 5.69 Å². The van der Waals surface area contributed by atoms with E-state index in [9.17, 15) is 4.79 Å². The first-order valence-electron chi connectivity index (χ1n) is 6.95. The standard InChI is InChI=1S/C17H12ClN3OS/c1-19-12-2-5-14(6-3-12)21-10-13(20-11-21)4-7-15(22)16-8-9-17(18)23-16/h2-3,5-6,8-11H,4,7H2. The molecule has 0 bridgehead atoms. The number of rotatable bonds is 5. The second-order valence-electron chi connectivity index (χ2n) is 4.93. The molecule has 6 heteroatoms. The van der Waals surface area contributed by atoms with E-state index in [1.54, 1.807) is 30.6 Å². The number of ketones is 1. The van der Waals surface area contributed by atoms with Crippen LogP contribution in [0.4, 0.5) is 5.69 Å². The molecule has 0 aliphatic carbocycles. The van der Waals surface area contributed by atoms with Crippen LogP contribution in [0.3, 0.4) is 0 Å². The monoisotopic (exact) mass is 341 g/mol. The van der Waals surface area contributed by atoms with E-state index in [0.717, 1.165) is 11.4 Å². The molecule has 0 aliphatic rings. The zero-order chi connectivity index (χ0) is 16.2. The first-order chi connectivity index (χ1) is 11.2. The smallest absolute Gasteiger partial charge is 0.187 e. The van der Waals surface area contributed by atoms with Crippen molar-refractivity contribution in [2.75, 3.05) is 0 Å². The fourth-order valence-electron chi connectivity index (χ4n) is 2.16. The van der Waals surface area contributed by atoms with Crippen LogP contribution in [0.2, 0.25) is 4.34 Å². The van der Waals surface area contributed by atoms with Gasteiger partial charge in [0.1, 0.15) is 0 Å². The Bertz CT molecular complexity index is 874. The lowest BCUT2D eigenvalue weighted by molar-refractivity contribution is 0.0986. The quantitative estimate of drug-likeness (QED) is 0.486. The molecule has 0 atom stereocenters. The Hall–Kier alpha value is -2.42. The van der Waals surface area contributed by atoms with E-state index >= 15 is 0 Å². The topological polar surface area (TPSA) is 39.2 Å². The van der Waals surface area contributed by atoms with Crippen LogP contribution in [0.25, 0.3) is 10.5 Å². The average molecular weight is 342 g/mol.